The average Bonchev–Trinajstić information content (AvgIpc) is 3.31. The number of pyridine rings is 1. The number of nitrogens with zero attached hydrogens (tertiary/aromatic N) is 4. The number of guanidine groups is 1. The topological polar surface area (TPSA) is 92.9 Å². The number of ether oxygens (including phenoxy) is 1. The quantitative estimate of drug-likeness (QED) is 0.190. The Hall–Kier alpha value is -2.21. The van der Waals surface area contributed by atoms with Crippen LogP contribution in [0, 0.1) is 6.92 Å². The number of halogens is 1. The van der Waals surface area contributed by atoms with Gasteiger partial charge in [-0.3, -0.25) is 4.99 Å². The van der Waals surface area contributed by atoms with Gasteiger partial charge >= 0.3 is 5.97 Å². The van der Waals surface area contributed by atoms with Crippen LogP contribution in [0.4, 0.5) is 0 Å². The Morgan fingerprint density at radius 1 is 1.32 bits per heavy atom. The van der Waals surface area contributed by atoms with Crippen LogP contribution >= 0.6 is 35.3 Å². The molecule has 0 radical (unpaired) electrons. The molecule has 10 heteroatoms. The van der Waals surface area contributed by atoms with Crippen LogP contribution in [0.15, 0.2) is 35.6 Å². The maximum Gasteiger partial charge on any atom is 0.350 e. The first-order valence-corrected chi connectivity index (χ1v) is 10.9. The first-order chi connectivity index (χ1) is 14.5. The van der Waals surface area contributed by atoms with E-state index in [4.69, 9.17) is 4.74 Å². The third kappa shape index (κ3) is 6.63. The van der Waals surface area contributed by atoms with Gasteiger partial charge in [0.15, 0.2) is 5.96 Å². The van der Waals surface area contributed by atoms with Gasteiger partial charge in [-0.25, -0.2) is 14.8 Å². The van der Waals surface area contributed by atoms with Crippen LogP contribution in [0.2, 0.25) is 0 Å². The van der Waals surface area contributed by atoms with Gasteiger partial charge in [-0.05, 0) is 39.8 Å². The van der Waals surface area contributed by atoms with Crippen molar-refractivity contribution in [3.8, 4) is 0 Å². The minimum atomic E-state index is -0.320. The molecule has 0 fully saturated rings. The molecule has 3 rings (SSSR count). The molecule has 0 aliphatic rings. The Morgan fingerprint density at radius 3 is 2.84 bits per heavy atom. The maximum atomic E-state index is 12.1. The molecular weight excluding hydrogens is 527 g/mol. The van der Waals surface area contributed by atoms with E-state index in [2.05, 4.69) is 25.6 Å². The minimum absolute atomic E-state index is 0. The van der Waals surface area contributed by atoms with E-state index in [1.807, 2.05) is 55.8 Å². The van der Waals surface area contributed by atoms with Gasteiger partial charge in [-0.2, -0.15) is 0 Å². The molecule has 0 aliphatic carbocycles. The van der Waals surface area contributed by atoms with Crippen LogP contribution in [0.25, 0.3) is 5.65 Å². The Balaban J connectivity index is 0.00000341. The van der Waals surface area contributed by atoms with Crippen LogP contribution in [-0.4, -0.2) is 46.0 Å². The number of rotatable bonds is 8. The van der Waals surface area contributed by atoms with E-state index in [-0.39, 0.29) is 36.0 Å². The minimum Gasteiger partial charge on any atom is -0.462 e. The number of imidazole rings is 1. The highest BCUT2D eigenvalue weighted by Crippen LogP contribution is 2.24. The molecule has 2 N–H and O–H groups in total. The largest absolute Gasteiger partial charge is 0.462 e. The molecule has 0 bridgehead atoms. The molecule has 1 atom stereocenters. The number of aryl methyl sites for hydroxylation is 1. The van der Waals surface area contributed by atoms with Crippen LogP contribution in [0.3, 0.4) is 0 Å². The lowest BCUT2D eigenvalue weighted by atomic mass is 10.3. The van der Waals surface area contributed by atoms with Crippen LogP contribution in [0.1, 0.15) is 52.9 Å². The van der Waals surface area contributed by atoms with E-state index >= 15 is 0 Å². The summed E-state index contributed by atoms with van der Waals surface area (Å²) >= 11 is 1.36. The zero-order valence-corrected chi connectivity index (χ0v) is 21.4. The predicted octanol–water partition coefficient (Wildman–Crippen LogP) is 3.75. The summed E-state index contributed by atoms with van der Waals surface area (Å²) in [5.74, 6) is 0.387. The summed E-state index contributed by atoms with van der Waals surface area (Å²) in [4.78, 5) is 26.4. The number of fused-ring (bicyclic) bond motifs is 1. The molecule has 1 unspecified atom stereocenters. The molecule has 3 heterocycles. The molecule has 0 spiro atoms. The Kier molecular flexibility index (Phi) is 9.69. The lowest BCUT2D eigenvalue weighted by molar-refractivity contribution is 0.0531. The average molecular weight is 556 g/mol. The van der Waals surface area contributed by atoms with Crippen molar-refractivity contribution in [2.75, 3.05) is 19.7 Å². The van der Waals surface area contributed by atoms with Crippen molar-refractivity contribution in [3.63, 3.8) is 0 Å². The zero-order chi connectivity index (χ0) is 21.5. The fraction of sp³-hybridized carbons (Fsp3) is 0.429. The molecule has 0 saturated carbocycles. The Morgan fingerprint density at radius 2 is 2.13 bits per heavy atom. The number of aromatic nitrogens is 3. The van der Waals surface area contributed by atoms with Crippen molar-refractivity contribution in [2.24, 2.45) is 4.99 Å². The van der Waals surface area contributed by atoms with Crippen molar-refractivity contribution in [1.29, 1.82) is 0 Å². The maximum absolute atomic E-state index is 12.1. The van der Waals surface area contributed by atoms with Gasteiger partial charge in [0.2, 0.25) is 0 Å². The zero-order valence-electron chi connectivity index (χ0n) is 18.2. The summed E-state index contributed by atoms with van der Waals surface area (Å²) in [5, 5.41) is 7.45. The van der Waals surface area contributed by atoms with Gasteiger partial charge in [0, 0.05) is 31.9 Å². The van der Waals surface area contributed by atoms with Crippen LogP contribution in [-0.2, 0) is 11.2 Å². The van der Waals surface area contributed by atoms with Gasteiger partial charge in [0.1, 0.15) is 15.5 Å². The number of nitrogens with one attached hydrogen (secondary N) is 2. The number of thiazole rings is 1. The second-order valence-electron chi connectivity index (χ2n) is 6.76. The van der Waals surface area contributed by atoms with E-state index < -0.39 is 0 Å². The number of carbonyl (C=O) groups is 1. The summed E-state index contributed by atoms with van der Waals surface area (Å²) in [7, 11) is 0. The molecule has 0 amide bonds. The lowest BCUT2D eigenvalue weighted by Gasteiger charge is -2.15. The lowest BCUT2D eigenvalue weighted by Crippen LogP contribution is -2.38. The Labute approximate surface area is 203 Å². The van der Waals surface area contributed by atoms with Gasteiger partial charge in [-0.1, -0.05) is 6.07 Å². The molecule has 0 aliphatic heterocycles. The van der Waals surface area contributed by atoms with Crippen molar-refractivity contribution in [1.82, 2.24) is 25.0 Å². The van der Waals surface area contributed by atoms with E-state index in [1.54, 1.807) is 6.92 Å². The molecule has 3 aromatic rings. The third-order valence-corrected chi connectivity index (χ3v) is 5.71. The number of hydrogen-bond acceptors (Lipinski definition) is 6. The highest BCUT2D eigenvalue weighted by molar-refractivity contribution is 14.0. The summed E-state index contributed by atoms with van der Waals surface area (Å²) in [6.45, 7) is 9.36. The number of aliphatic imine (C=N–C) groups is 1. The van der Waals surface area contributed by atoms with E-state index in [0.29, 0.717) is 29.7 Å². The normalized spacial score (nSPS) is 12.3. The Bertz CT molecular complexity index is 999. The van der Waals surface area contributed by atoms with E-state index in [0.717, 1.165) is 29.3 Å². The van der Waals surface area contributed by atoms with Crippen LogP contribution in [0.5, 0.6) is 0 Å². The fourth-order valence-corrected chi connectivity index (χ4v) is 3.93. The molecule has 0 aromatic carbocycles. The van der Waals surface area contributed by atoms with Gasteiger partial charge in [0.25, 0.3) is 0 Å². The number of hydrogen-bond donors (Lipinski definition) is 2. The highest BCUT2D eigenvalue weighted by Gasteiger charge is 2.20. The fourth-order valence-electron chi connectivity index (χ4n) is 2.97. The molecule has 0 saturated heterocycles. The molecular formula is C21H29IN6O2S. The molecule has 168 valence electrons. The molecule has 3 aromatic heterocycles. The summed E-state index contributed by atoms with van der Waals surface area (Å²) in [6.07, 6.45) is 4.77. The highest BCUT2D eigenvalue weighted by atomic mass is 127. The van der Waals surface area contributed by atoms with Crippen molar-refractivity contribution < 1.29 is 9.53 Å². The predicted molar refractivity (Wildman–Crippen MR) is 135 cm³/mol. The van der Waals surface area contributed by atoms with Gasteiger partial charge in [0.05, 0.1) is 24.0 Å². The third-order valence-electron chi connectivity index (χ3n) is 4.39. The van der Waals surface area contributed by atoms with E-state index in [1.165, 1.54) is 11.3 Å². The monoisotopic (exact) mass is 556 g/mol. The summed E-state index contributed by atoms with van der Waals surface area (Å²) in [6, 6.07) is 5.86. The molecule has 8 nitrogen and oxygen atoms in total. The standard InChI is InChI=1S/C21H28N6O2S.HI/c1-5-22-21(23-11-10-16-13-27-12-8-7-9-17(27)26-16)25-15(4)19-24-14(3)18(30-19)20(28)29-6-2;/h7-9,12-13,15H,5-6,10-11H2,1-4H3,(H2,22,23,25);1H. The second kappa shape index (κ2) is 12.0. The van der Waals surface area contributed by atoms with Crippen molar-refractivity contribution in [2.45, 2.75) is 40.2 Å². The van der Waals surface area contributed by atoms with E-state index in [9.17, 15) is 4.79 Å². The SMILES string of the molecule is CCNC(=NCCc1cn2ccccc2n1)NC(C)c1nc(C)c(C(=O)OCC)s1.I. The first-order valence-electron chi connectivity index (χ1n) is 10.1. The molecule has 31 heavy (non-hydrogen) atoms. The second-order valence-corrected chi connectivity index (χ2v) is 7.79. The summed E-state index contributed by atoms with van der Waals surface area (Å²) < 4.78 is 7.12. The van der Waals surface area contributed by atoms with Gasteiger partial charge in [-0.15, -0.1) is 35.3 Å². The smallest absolute Gasteiger partial charge is 0.350 e. The number of carbonyl (C=O) groups excluding carboxylic acids is 1. The van der Waals surface area contributed by atoms with Crippen molar-refractivity contribution in [3.05, 3.63) is 51.9 Å². The number of esters is 1. The van der Waals surface area contributed by atoms with Crippen LogP contribution < -0.4 is 10.6 Å². The van der Waals surface area contributed by atoms with Gasteiger partial charge < -0.3 is 19.8 Å². The first kappa shape index (κ1) is 25.1. The van der Waals surface area contributed by atoms with Crippen molar-refractivity contribution >= 4 is 52.9 Å². The summed E-state index contributed by atoms with van der Waals surface area (Å²) in [5.41, 5.74) is 2.63.